The largest absolute Gasteiger partial charge is 0.390 e. The van der Waals surface area contributed by atoms with Gasteiger partial charge in [0.15, 0.2) is 5.78 Å². The van der Waals surface area contributed by atoms with E-state index in [0.717, 1.165) is 32.9 Å². The molecule has 5 rings (SSSR count). The molecule has 190 valence electrons. The summed E-state index contributed by atoms with van der Waals surface area (Å²) >= 11 is 3.41. The minimum atomic E-state index is -0.989. The monoisotopic (exact) mass is 561 g/mol. The smallest absolute Gasteiger partial charge is 0.198 e. The molecule has 2 aromatic heterocycles. The van der Waals surface area contributed by atoms with E-state index in [0.29, 0.717) is 35.6 Å². The standard InChI is InChI=1S/C28H28BrN5O3/c1-15-4-2-3-5-19(15)25(36)20-13-31-14-32-28(20)34-23-12-18(24(35)26(23)37)9-7-16-6-8-17-11-21(29)27(30)33-22(17)10-16/h2-6,8,10-11,13-14,18,23-24,26,35,37H,7,9,12H2,1H3,(H2,30,33)(H,31,32,34)/t18-,23+,24+,26-/m0/s1. The summed E-state index contributed by atoms with van der Waals surface area (Å²) in [6.45, 7) is 1.88. The van der Waals surface area contributed by atoms with Crippen LogP contribution in [0.1, 0.15) is 39.9 Å². The molecule has 4 atom stereocenters. The van der Waals surface area contributed by atoms with Crippen LogP contribution in [0.2, 0.25) is 0 Å². The minimum absolute atomic E-state index is 0.122. The van der Waals surface area contributed by atoms with Gasteiger partial charge in [-0.25, -0.2) is 15.0 Å². The first kappa shape index (κ1) is 25.3. The minimum Gasteiger partial charge on any atom is -0.390 e. The summed E-state index contributed by atoms with van der Waals surface area (Å²) in [4.78, 5) is 26.0. The van der Waals surface area contributed by atoms with Gasteiger partial charge in [0.05, 0.1) is 27.7 Å². The fraction of sp³-hybridized carbons (Fsp3) is 0.286. The molecule has 4 aromatic rings. The molecule has 1 aliphatic carbocycles. The highest BCUT2D eigenvalue weighted by atomic mass is 79.9. The molecule has 1 saturated carbocycles. The molecule has 5 N–H and O–H groups in total. The average Bonchev–Trinajstić information content (AvgIpc) is 3.16. The number of carbonyl (C=O) groups is 1. The number of fused-ring (bicyclic) bond motifs is 1. The molecule has 2 aromatic carbocycles. The molecule has 0 bridgehead atoms. The topological polar surface area (TPSA) is 134 Å². The van der Waals surface area contributed by atoms with Crippen molar-refractivity contribution >= 4 is 44.3 Å². The maximum atomic E-state index is 13.2. The third-order valence-electron chi connectivity index (χ3n) is 7.14. The molecule has 9 heteroatoms. The van der Waals surface area contributed by atoms with Crippen molar-refractivity contribution in [3.05, 3.63) is 87.8 Å². The van der Waals surface area contributed by atoms with Crippen LogP contribution < -0.4 is 11.1 Å². The number of nitrogens with one attached hydrogen (secondary N) is 1. The lowest BCUT2D eigenvalue weighted by atomic mass is 9.95. The molecule has 1 fully saturated rings. The number of aryl methyl sites for hydroxylation is 2. The molecule has 37 heavy (non-hydrogen) atoms. The Hall–Kier alpha value is -3.40. The van der Waals surface area contributed by atoms with Crippen LogP contribution in [0, 0.1) is 12.8 Å². The summed E-state index contributed by atoms with van der Waals surface area (Å²) in [6, 6.07) is 14.9. The van der Waals surface area contributed by atoms with E-state index in [-0.39, 0.29) is 11.7 Å². The Kier molecular flexibility index (Phi) is 7.19. The van der Waals surface area contributed by atoms with E-state index < -0.39 is 18.2 Å². The number of ketones is 1. The number of halogens is 1. The first-order valence-corrected chi connectivity index (χ1v) is 13.0. The number of hydrogen-bond donors (Lipinski definition) is 4. The molecule has 2 heterocycles. The number of carbonyl (C=O) groups excluding carboxylic acids is 1. The van der Waals surface area contributed by atoms with Gasteiger partial charge in [0.25, 0.3) is 0 Å². The van der Waals surface area contributed by atoms with Gasteiger partial charge in [0.2, 0.25) is 0 Å². The van der Waals surface area contributed by atoms with Crippen molar-refractivity contribution in [2.24, 2.45) is 5.92 Å². The van der Waals surface area contributed by atoms with Crippen LogP contribution in [0.15, 0.2) is 65.5 Å². The number of rotatable bonds is 7. The molecule has 1 aliphatic rings. The van der Waals surface area contributed by atoms with Crippen molar-refractivity contribution < 1.29 is 15.0 Å². The number of aromatic nitrogens is 3. The Balaban J connectivity index is 1.28. The van der Waals surface area contributed by atoms with Gasteiger partial charge in [-0.1, -0.05) is 36.4 Å². The van der Waals surface area contributed by atoms with Crippen LogP contribution in [0.5, 0.6) is 0 Å². The fourth-order valence-electron chi connectivity index (χ4n) is 5.02. The van der Waals surface area contributed by atoms with Crippen molar-refractivity contribution in [2.45, 2.75) is 44.4 Å². The lowest BCUT2D eigenvalue weighted by Crippen LogP contribution is -2.35. The van der Waals surface area contributed by atoms with E-state index >= 15 is 0 Å². The second-order valence-electron chi connectivity index (χ2n) is 9.58. The molecule has 0 amide bonds. The molecule has 0 radical (unpaired) electrons. The third-order valence-corrected chi connectivity index (χ3v) is 7.77. The second-order valence-corrected chi connectivity index (χ2v) is 10.4. The number of nitrogens with zero attached hydrogens (tertiary/aromatic N) is 3. The zero-order chi connectivity index (χ0) is 26.1. The number of nitrogen functional groups attached to an aromatic ring is 1. The summed E-state index contributed by atoms with van der Waals surface area (Å²) < 4.78 is 0.766. The number of benzene rings is 2. The van der Waals surface area contributed by atoms with Gasteiger partial charge in [0, 0.05) is 17.1 Å². The van der Waals surface area contributed by atoms with Crippen molar-refractivity contribution in [1.82, 2.24) is 15.0 Å². The van der Waals surface area contributed by atoms with Crippen LogP contribution in [0.3, 0.4) is 0 Å². The van der Waals surface area contributed by atoms with Gasteiger partial charge in [-0.05, 0) is 71.3 Å². The van der Waals surface area contributed by atoms with Crippen LogP contribution in [-0.4, -0.2) is 49.2 Å². The maximum absolute atomic E-state index is 13.2. The summed E-state index contributed by atoms with van der Waals surface area (Å²) in [5, 5.41) is 25.8. The second kappa shape index (κ2) is 10.5. The average molecular weight is 562 g/mol. The van der Waals surface area contributed by atoms with Gasteiger partial charge in [-0.15, -0.1) is 0 Å². The van der Waals surface area contributed by atoms with E-state index in [4.69, 9.17) is 5.73 Å². The number of pyridine rings is 1. The van der Waals surface area contributed by atoms with Crippen LogP contribution in [0.4, 0.5) is 11.6 Å². The molecular formula is C28H28BrN5O3. The number of nitrogens with two attached hydrogens (primary N) is 1. The Morgan fingerprint density at radius 1 is 1.14 bits per heavy atom. The van der Waals surface area contributed by atoms with Crippen molar-refractivity contribution in [3.63, 3.8) is 0 Å². The summed E-state index contributed by atoms with van der Waals surface area (Å²) in [7, 11) is 0. The zero-order valence-corrected chi connectivity index (χ0v) is 21.9. The zero-order valence-electron chi connectivity index (χ0n) is 20.3. The highest BCUT2D eigenvalue weighted by Crippen LogP contribution is 2.33. The van der Waals surface area contributed by atoms with Crippen molar-refractivity contribution in [2.75, 3.05) is 11.1 Å². The van der Waals surface area contributed by atoms with E-state index in [9.17, 15) is 15.0 Å². The van der Waals surface area contributed by atoms with E-state index in [1.54, 1.807) is 6.07 Å². The van der Waals surface area contributed by atoms with Crippen molar-refractivity contribution in [1.29, 1.82) is 0 Å². The molecule has 0 aliphatic heterocycles. The lowest BCUT2D eigenvalue weighted by molar-refractivity contribution is 0.0158. The number of aliphatic hydroxyl groups is 2. The quantitative estimate of drug-likeness (QED) is 0.248. The molecule has 0 saturated heterocycles. The molecule has 0 unspecified atom stereocenters. The Morgan fingerprint density at radius 2 is 1.95 bits per heavy atom. The van der Waals surface area contributed by atoms with E-state index in [1.807, 2.05) is 49.4 Å². The van der Waals surface area contributed by atoms with E-state index in [2.05, 4.69) is 36.2 Å². The van der Waals surface area contributed by atoms with Gasteiger partial charge < -0.3 is 21.3 Å². The number of anilines is 2. The highest BCUT2D eigenvalue weighted by Gasteiger charge is 2.41. The predicted octanol–water partition coefficient (Wildman–Crippen LogP) is 4.06. The third kappa shape index (κ3) is 5.20. The van der Waals surface area contributed by atoms with E-state index in [1.165, 1.54) is 12.5 Å². The summed E-state index contributed by atoms with van der Waals surface area (Å²) in [5.74, 6) is 0.481. The number of hydrogen-bond acceptors (Lipinski definition) is 8. The van der Waals surface area contributed by atoms with Gasteiger partial charge in [-0.3, -0.25) is 4.79 Å². The first-order valence-electron chi connectivity index (χ1n) is 12.2. The van der Waals surface area contributed by atoms with Crippen LogP contribution in [0.25, 0.3) is 10.9 Å². The van der Waals surface area contributed by atoms with Crippen LogP contribution in [-0.2, 0) is 6.42 Å². The molecule has 8 nitrogen and oxygen atoms in total. The SMILES string of the molecule is Cc1ccccc1C(=O)c1cncnc1N[C@@H]1C[C@H](CCc2ccc3cc(Br)c(N)nc3c2)[C@@H](O)[C@H]1O. The Morgan fingerprint density at radius 3 is 2.76 bits per heavy atom. The Labute approximate surface area is 223 Å². The summed E-state index contributed by atoms with van der Waals surface area (Å²) in [6.07, 6.45) is 2.92. The van der Waals surface area contributed by atoms with Gasteiger partial charge in [0.1, 0.15) is 24.1 Å². The summed E-state index contributed by atoms with van der Waals surface area (Å²) in [5.41, 5.74) is 9.60. The van der Waals surface area contributed by atoms with Gasteiger partial charge >= 0.3 is 0 Å². The first-order chi connectivity index (χ1) is 17.8. The maximum Gasteiger partial charge on any atom is 0.198 e. The normalized spacial score (nSPS) is 21.3. The van der Waals surface area contributed by atoms with Gasteiger partial charge in [-0.2, -0.15) is 0 Å². The fourth-order valence-corrected chi connectivity index (χ4v) is 5.36. The molecule has 0 spiro atoms. The predicted molar refractivity (Wildman–Crippen MR) is 146 cm³/mol. The highest BCUT2D eigenvalue weighted by molar-refractivity contribution is 9.10. The lowest BCUT2D eigenvalue weighted by Gasteiger charge is -2.20. The van der Waals surface area contributed by atoms with Crippen LogP contribution >= 0.6 is 15.9 Å². The Bertz CT molecular complexity index is 1460. The van der Waals surface area contributed by atoms with Crippen molar-refractivity contribution in [3.8, 4) is 0 Å². The number of aliphatic hydroxyl groups excluding tert-OH is 2. The molecular weight excluding hydrogens is 534 g/mol.